The summed E-state index contributed by atoms with van der Waals surface area (Å²) in [5, 5.41) is 3.56. The van der Waals surface area contributed by atoms with Crippen molar-refractivity contribution in [1.29, 1.82) is 0 Å². The van der Waals surface area contributed by atoms with E-state index in [-0.39, 0.29) is 5.91 Å². The first-order valence-corrected chi connectivity index (χ1v) is 8.37. The first kappa shape index (κ1) is 17.3. The number of anilines is 3. The van der Waals surface area contributed by atoms with E-state index in [9.17, 15) is 4.79 Å². The van der Waals surface area contributed by atoms with Gasteiger partial charge in [0.25, 0.3) is 0 Å². The Labute approximate surface area is 151 Å². The first-order valence-electron chi connectivity index (χ1n) is 8.00. The number of piperazine rings is 1. The van der Waals surface area contributed by atoms with Crippen molar-refractivity contribution in [3.8, 4) is 5.75 Å². The molecule has 0 atom stereocenters. The summed E-state index contributed by atoms with van der Waals surface area (Å²) in [6.07, 6.45) is 1.40. The van der Waals surface area contributed by atoms with Crippen LogP contribution >= 0.6 is 11.6 Å². The van der Waals surface area contributed by atoms with Crippen LogP contribution in [0.1, 0.15) is 6.92 Å². The predicted molar refractivity (Wildman–Crippen MR) is 97.8 cm³/mol. The van der Waals surface area contributed by atoms with Gasteiger partial charge in [-0.25, -0.2) is 9.97 Å². The van der Waals surface area contributed by atoms with Crippen LogP contribution in [0, 0.1) is 0 Å². The predicted octanol–water partition coefficient (Wildman–Crippen LogP) is 2.55. The van der Waals surface area contributed by atoms with Gasteiger partial charge in [-0.3, -0.25) is 4.79 Å². The summed E-state index contributed by atoms with van der Waals surface area (Å²) in [7, 11) is 1.63. The Kier molecular flexibility index (Phi) is 5.23. The van der Waals surface area contributed by atoms with E-state index in [2.05, 4.69) is 20.2 Å². The minimum atomic E-state index is 0.125. The van der Waals surface area contributed by atoms with Gasteiger partial charge in [-0.05, 0) is 12.1 Å². The maximum atomic E-state index is 11.4. The number of carbonyl (C=O) groups is 1. The molecule has 1 aromatic heterocycles. The van der Waals surface area contributed by atoms with E-state index in [4.69, 9.17) is 16.3 Å². The van der Waals surface area contributed by atoms with Crippen LogP contribution in [0.4, 0.5) is 17.2 Å². The minimum absolute atomic E-state index is 0.125. The largest absolute Gasteiger partial charge is 0.494 e. The maximum Gasteiger partial charge on any atom is 0.219 e. The highest BCUT2D eigenvalue weighted by Gasteiger charge is 2.19. The molecule has 0 aliphatic carbocycles. The molecular weight excluding hydrogens is 342 g/mol. The van der Waals surface area contributed by atoms with Gasteiger partial charge < -0.3 is 19.9 Å². The van der Waals surface area contributed by atoms with Crippen molar-refractivity contribution in [1.82, 2.24) is 14.9 Å². The Morgan fingerprint density at radius 1 is 1.20 bits per heavy atom. The third-order valence-electron chi connectivity index (χ3n) is 4.17. The van der Waals surface area contributed by atoms with Crippen LogP contribution in [0.15, 0.2) is 30.6 Å². The number of hydrogen-bond acceptors (Lipinski definition) is 6. The smallest absolute Gasteiger partial charge is 0.219 e. The number of benzene rings is 1. The summed E-state index contributed by atoms with van der Waals surface area (Å²) in [6.45, 7) is 4.68. The van der Waals surface area contributed by atoms with Crippen molar-refractivity contribution in [2.45, 2.75) is 6.92 Å². The van der Waals surface area contributed by atoms with Crippen LogP contribution in [-0.4, -0.2) is 54.1 Å². The highest BCUT2D eigenvalue weighted by atomic mass is 35.5. The zero-order valence-electron chi connectivity index (χ0n) is 14.2. The molecule has 1 aliphatic rings. The second-order valence-electron chi connectivity index (χ2n) is 5.73. The van der Waals surface area contributed by atoms with Gasteiger partial charge in [0.05, 0.1) is 12.8 Å². The molecule has 2 heterocycles. The van der Waals surface area contributed by atoms with E-state index < -0.39 is 0 Å². The van der Waals surface area contributed by atoms with Crippen LogP contribution in [0.5, 0.6) is 5.75 Å². The molecule has 2 aromatic rings. The number of halogens is 1. The number of methoxy groups -OCH3 is 1. The second kappa shape index (κ2) is 7.57. The average Bonchev–Trinajstić information content (AvgIpc) is 2.62. The van der Waals surface area contributed by atoms with E-state index in [0.717, 1.165) is 37.6 Å². The van der Waals surface area contributed by atoms with Crippen LogP contribution < -0.4 is 15.0 Å². The number of hydrogen-bond donors (Lipinski definition) is 1. The van der Waals surface area contributed by atoms with Gasteiger partial charge in [-0.1, -0.05) is 11.6 Å². The number of rotatable bonds is 4. The summed E-state index contributed by atoms with van der Waals surface area (Å²) in [5.41, 5.74) is 1.86. The molecule has 3 rings (SSSR count). The molecule has 0 unspecified atom stereocenters. The van der Waals surface area contributed by atoms with Gasteiger partial charge in [-0.2, -0.15) is 0 Å². The average molecular weight is 362 g/mol. The summed E-state index contributed by atoms with van der Waals surface area (Å²) < 4.78 is 5.51. The monoisotopic (exact) mass is 361 g/mol. The van der Waals surface area contributed by atoms with Gasteiger partial charge in [0.2, 0.25) is 5.91 Å². The summed E-state index contributed by atoms with van der Waals surface area (Å²) >= 11 is 5.89. The number of carbonyl (C=O) groups excluding carboxylic acids is 1. The quantitative estimate of drug-likeness (QED) is 0.844. The summed E-state index contributed by atoms with van der Waals surface area (Å²) in [4.78, 5) is 23.6. The van der Waals surface area contributed by atoms with Crippen molar-refractivity contribution in [3.05, 3.63) is 35.7 Å². The van der Waals surface area contributed by atoms with E-state index >= 15 is 0 Å². The molecule has 0 radical (unpaired) electrons. The highest BCUT2D eigenvalue weighted by Crippen LogP contribution is 2.32. The lowest BCUT2D eigenvalue weighted by atomic mass is 10.2. The van der Waals surface area contributed by atoms with Crippen LogP contribution in [0.3, 0.4) is 0 Å². The normalized spacial score (nSPS) is 14.4. The van der Waals surface area contributed by atoms with Crippen LogP contribution in [0.2, 0.25) is 5.15 Å². The summed E-state index contributed by atoms with van der Waals surface area (Å²) in [6, 6.07) is 7.60. The van der Waals surface area contributed by atoms with Crippen molar-refractivity contribution < 1.29 is 9.53 Å². The Hall–Kier alpha value is -2.54. The summed E-state index contributed by atoms with van der Waals surface area (Å²) in [5.74, 6) is 1.43. The van der Waals surface area contributed by atoms with E-state index in [1.54, 1.807) is 20.1 Å². The van der Waals surface area contributed by atoms with Crippen molar-refractivity contribution >= 4 is 34.7 Å². The van der Waals surface area contributed by atoms with Gasteiger partial charge in [0.1, 0.15) is 23.0 Å². The lowest BCUT2D eigenvalue weighted by Gasteiger charge is -2.35. The van der Waals surface area contributed by atoms with Crippen LogP contribution in [-0.2, 0) is 4.79 Å². The standard InChI is InChI=1S/C17H20ClN5O2/c1-12(24)22-5-7-23(8-6-22)13-3-4-14(15(9-13)25-2)21-17-10-16(18)19-11-20-17/h3-4,9-11H,5-8H2,1-2H3,(H,19,20,21). The van der Waals surface area contributed by atoms with Gasteiger partial charge >= 0.3 is 0 Å². The SMILES string of the molecule is COc1cc(N2CCN(C(C)=O)CC2)ccc1Nc1cc(Cl)ncn1. The number of nitrogens with zero attached hydrogens (tertiary/aromatic N) is 4. The third kappa shape index (κ3) is 4.11. The molecule has 1 amide bonds. The van der Waals surface area contributed by atoms with Gasteiger partial charge in [0, 0.05) is 50.9 Å². The van der Waals surface area contributed by atoms with Gasteiger partial charge in [-0.15, -0.1) is 0 Å². The van der Waals surface area contributed by atoms with Crippen molar-refractivity contribution in [3.63, 3.8) is 0 Å². The molecule has 8 heteroatoms. The number of nitrogens with one attached hydrogen (secondary N) is 1. The Balaban J connectivity index is 1.75. The highest BCUT2D eigenvalue weighted by molar-refractivity contribution is 6.29. The fourth-order valence-electron chi connectivity index (χ4n) is 2.80. The molecule has 1 saturated heterocycles. The molecule has 1 fully saturated rings. The Morgan fingerprint density at radius 3 is 2.60 bits per heavy atom. The lowest BCUT2D eigenvalue weighted by Crippen LogP contribution is -2.48. The molecule has 1 N–H and O–H groups in total. The topological polar surface area (TPSA) is 70.6 Å². The molecule has 0 saturated carbocycles. The van der Waals surface area contributed by atoms with Crippen molar-refractivity contribution in [2.24, 2.45) is 0 Å². The molecule has 1 aliphatic heterocycles. The maximum absolute atomic E-state index is 11.4. The number of ether oxygens (including phenoxy) is 1. The molecular formula is C17H20ClN5O2. The van der Waals surface area contributed by atoms with Crippen LogP contribution in [0.25, 0.3) is 0 Å². The lowest BCUT2D eigenvalue weighted by molar-refractivity contribution is -0.129. The van der Waals surface area contributed by atoms with E-state index in [1.807, 2.05) is 23.1 Å². The second-order valence-corrected chi connectivity index (χ2v) is 6.12. The fraction of sp³-hybridized carbons (Fsp3) is 0.353. The number of amides is 1. The molecule has 132 valence electrons. The Morgan fingerprint density at radius 2 is 1.96 bits per heavy atom. The zero-order chi connectivity index (χ0) is 17.8. The van der Waals surface area contributed by atoms with E-state index in [0.29, 0.717) is 16.7 Å². The third-order valence-corrected chi connectivity index (χ3v) is 4.38. The molecule has 1 aromatic carbocycles. The van der Waals surface area contributed by atoms with Crippen molar-refractivity contribution in [2.75, 3.05) is 43.5 Å². The van der Waals surface area contributed by atoms with E-state index in [1.165, 1.54) is 6.33 Å². The molecule has 7 nitrogen and oxygen atoms in total. The molecule has 0 bridgehead atoms. The fourth-order valence-corrected chi connectivity index (χ4v) is 2.95. The molecule has 25 heavy (non-hydrogen) atoms. The van der Waals surface area contributed by atoms with Gasteiger partial charge in [0.15, 0.2) is 0 Å². The minimum Gasteiger partial charge on any atom is -0.494 e. The number of aromatic nitrogens is 2. The zero-order valence-corrected chi connectivity index (χ0v) is 15.0. The Bertz CT molecular complexity index is 762. The molecule has 0 spiro atoms. The first-order chi connectivity index (χ1) is 12.1.